The number of hydrogen-bond acceptors (Lipinski definition) is 7. The number of carbonyl (C=O) groups is 1. The number of nitrogens with zero attached hydrogens (tertiary/aromatic N) is 4. The van der Waals surface area contributed by atoms with Crippen LogP contribution in [-0.4, -0.2) is 66.6 Å². The number of alkyl halides is 3. The van der Waals surface area contributed by atoms with Crippen molar-refractivity contribution in [2.45, 2.75) is 36.6 Å². The molecule has 1 saturated carbocycles. The summed E-state index contributed by atoms with van der Waals surface area (Å²) < 4.78 is 74.1. The zero-order valence-corrected chi connectivity index (χ0v) is 26.4. The average Bonchev–Trinajstić information content (AvgIpc) is 3.72. The third-order valence-electron chi connectivity index (χ3n) is 8.28. The van der Waals surface area contributed by atoms with E-state index in [1.807, 2.05) is 12.1 Å². The Labute approximate surface area is 273 Å². The second-order valence-electron chi connectivity index (χ2n) is 11.2. The van der Waals surface area contributed by atoms with Crippen molar-refractivity contribution < 1.29 is 35.9 Å². The van der Waals surface area contributed by atoms with Gasteiger partial charge in [-0.25, -0.2) is 27.4 Å². The molecule has 2 aromatic heterocycles. The lowest BCUT2D eigenvalue weighted by Crippen LogP contribution is -2.43. The summed E-state index contributed by atoms with van der Waals surface area (Å²) >= 11 is 6.53. The van der Waals surface area contributed by atoms with E-state index in [9.17, 15) is 21.6 Å². The third kappa shape index (κ3) is 7.27. The topological polar surface area (TPSA) is 143 Å². The largest absolute Gasteiger partial charge is 0.490 e. The van der Waals surface area contributed by atoms with E-state index in [0.29, 0.717) is 24.1 Å². The van der Waals surface area contributed by atoms with E-state index in [0.717, 1.165) is 43.1 Å². The summed E-state index contributed by atoms with van der Waals surface area (Å²) in [6.07, 6.45) is 1.75. The van der Waals surface area contributed by atoms with Crippen molar-refractivity contribution in [2.75, 3.05) is 31.1 Å². The maximum atomic E-state index is 16.5. The van der Waals surface area contributed by atoms with Crippen LogP contribution in [0.2, 0.25) is 5.02 Å². The summed E-state index contributed by atoms with van der Waals surface area (Å²) in [5.74, 6) is -3.41. The first-order chi connectivity index (χ1) is 22.2. The Morgan fingerprint density at radius 3 is 2.11 bits per heavy atom. The lowest BCUT2D eigenvalue weighted by Gasteiger charge is -2.29. The average molecular weight is 695 g/mol. The molecule has 0 radical (unpaired) electrons. The predicted octanol–water partition coefficient (Wildman–Crippen LogP) is 5.49. The summed E-state index contributed by atoms with van der Waals surface area (Å²) in [7, 11) is -4.10. The number of aromatic nitrogens is 3. The highest BCUT2D eigenvalue weighted by molar-refractivity contribution is 7.90. The highest BCUT2D eigenvalue weighted by atomic mass is 35.5. The van der Waals surface area contributed by atoms with Gasteiger partial charge >= 0.3 is 12.1 Å². The molecule has 16 heteroatoms. The van der Waals surface area contributed by atoms with E-state index in [2.05, 4.69) is 27.3 Å². The Kier molecular flexibility index (Phi) is 9.91. The van der Waals surface area contributed by atoms with Crippen LogP contribution < -0.4 is 15.4 Å². The second-order valence-corrected chi connectivity index (χ2v) is 13.5. The molecule has 0 atom stereocenters. The first kappa shape index (κ1) is 34.3. The number of carboxylic acids is 1. The van der Waals surface area contributed by atoms with Gasteiger partial charge in [0.2, 0.25) is 10.0 Å². The van der Waals surface area contributed by atoms with Crippen LogP contribution in [0.25, 0.3) is 28.1 Å². The van der Waals surface area contributed by atoms with E-state index < -0.39 is 32.7 Å². The zero-order valence-electron chi connectivity index (χ0n) is 24.8. The number of pyridine rings is 1. The van der Waals surface area contributed by atoms with Gasteiger partial charge in [-0.1, -0.05) is 24.4 Å². The normalized spacial score (nSPS) is 16.4. The van der Waals surface area contributed by atoms with Gasteiger partial charge in [-0.2, -0.15) is 18.3 Å². The molecule has 6 rings (SSSR count). The Morgan fingerprint density at radius 1 is 0.979 bits per heavy atom. The van der Waals surface area contributed by atoms with Gasteiger partial charge in [0.25, 0.3) is 0 Å². The number of halogens is 5. The fraction of sp³-hybridized carbons (Fsp3) is 0.323. The number of aliphatic carboxylic acids is 1. The van der Waals surface area contributed by atoms with Crippen LogP contribution in [0.4, 0.5) is 23.2 Å². The number of anilines is 1. The molecule has 1 aliphatic carbocycles. The molecule has 250 valence electrons. The smallest absolute Gasteiger partial charge is 0.475 e. The molecule has 2 aromatic carbocycles. The molecule has 10 nitrogen and oxygen atoms in total. The van der Waals surface area contributed by atoms with E-state index in [4.69, 9.17) is 31.7 Å². The van der Waals surface area contributed by atoms with Gasteiger partial charge < -0.3 is 15.3 Å². The maximum Gasteiger partial charge on any atom is 0.490 e. The molecular formula is C31H31ClF4N6O4S. The summed E-state index contributed by atoms with van der Waals surface area (Å²) in [6.45, 7) is 3.76. The first-order valence-electron chi connectivity index (χ1n) is 14.6. The molecule has 47 heavy (non-hydrogen) atoms. The van der Waals surface area contributed by atoms with Crippen molar-refractivity contribution in [1.29, 1.82) is 0 Å². The molecular weight excluding hydrogens is 664 g/mol. The Morgan fingerprint density at radius 2 is 1.55 bits per heavy atom. The minimum Gasteiger partial charge on any atom is -0.475 e. The number of carboxylic acid groups (broad SMARTS) is 1. The maximum absolute atomic E-state index is 16.5. The molecule has 2 fully saturated rings. The van der Waals surface area contributed by atoms with Gasteiger partial charge in [-0.05, 0) is 61.4 Å². The van der Waals surface area contributed by atoms with Crippen LogP contribution in [0.15, 0.2) is 67.1 Å². The number of primary sulfonamides is 1. The minimum absolute atomic E-state index is 0.0174. The van der Waals surface area contributed by atoms with Crippen LogP contribution in [0.5, 0.6) is 0 Å². The lowest BCUT2D eigenvalue weighted by molar-refractivity contribution is -0.192. The van der Waals surface area contributed by atoms with Gasteiger partial charge in [-0.15, -0.1) is 0 Å². The van der Waals surface area contributed by atoms with Crippen molar-refractivity contribution in [3.63, 3.8) is 0 Å². The van der Waals surface area contributed by atoms with Crippen LogP contribution in [0.3, 0.4) is 0 Å². The highest BCUT2D eigenvalue weighted by Crippen LogP contribution is 2.48. The van der Waals surface area contributed by atoms with Crippen LogP contribution in [0.1, 0.15) is 31.2 Å². The molecule has 0 spiro atoms. The minimum atomic E-state index is -5.08. The summed E-state index contributed by atoms with van der Waals surface area (Å²) in [4.78, 5) is 15.3. The van der Waals surface area contributed by atoms with Crippen molar-refractivity contribution >= 4 is 33.3 Å². The molecule has 0 unspecified atom stereocenters. The standard InChI is InChI=1S/C29H30ClFN6O2S.C2HF3O2/c30-21-17-24(27(31)26(18-21)29(40(32,38)39)9-1-2-10-29)25-19-37(35-28(25)20-7-11-33-12-8-20)23-5-3-22(4-6-23)36-15-13-34-14-16-36;3-2(4,5)1(6)7/h3-8,11-12,17-19,34H,1-2,9-10,13-16H2,(H2,32,38,39);(H,6,7). The zero-order chi connectivity index (χ0) is 34.0. The van der Waals surface area contributed by atoms with E-state index >= 15 is 4.39 Å². The second kappa shape index (κ2) is 13.6. The fourth-order valence-electron chi connectivity index (χ4n) is 5.94. The number of sulfonamides is 1. The van der Waals surface area contributed by atoms with Crippen LogP contribution in [-0.2, 0) is 19.6 Å². The number of piperazine rings is 1. The highest BCUT2D eigenvalue weighted by Gasteiger charge is 2.48. The SMILES string of the molecule is NS(=O)(=O)C1(c2cc(Cl)cc(-c3cn(-c4ccc(N5CCNCC5)cc4)nc3-c3ccncc3)c2F)CCCC1.O=C(O)C(F)(F)F. The van der Waals surface area contributed by atoms with E-state index in [1.165, 1.54) is 12.1 Å². The number of rotatable bonds is 6. The summed E-state index contributed by atoms with van der Waals surface area (Å²) in [5.41, 5.74) is 3.88. The number of nitrogens with two attached hydrogens (primary N) is 1. The van der Waals surface area contributed by atoms with Gasteiger partial charge in [0.05, 0.1) is 5.69 Å². The molecule has 0 amide bonds. The Bertz CT molecular complexity index is 1840. The van der Waals surface area contributed by atoms with Crippen molar-refractivity contribution in [3.05, 3.63) is 83.5 Å². The van der Waals surface area contributed by atoms with Gasteiger partial charge in [-0.3, -0.25) is 4.98 Å². The van der Waals surface area contributed by atoms with Crippen molar-refractivity contribution in [1.82, 2.24) is 20.1 Å². The van der Waals surface area contributed by atoms with Crippen LogP contribution >= 0.6 is 11.6 Å². The first-order valence-corrected chi connectivity index (χ1v) is 16.5. The van der Waals surface area contributed by atoms with Gasteiger partial charge in [0.1, 0.15) is 16.3 Å². The molecule has 0 bridgehead atoms. The molecule has 1 saturated heterocycles. The predicted molar refractivity (Wildman–Crippen MR) is 169 cm³/mol. The van der Waals surface area contributed by atoms with E-state index in [-0.39, 0.29) is 29.0 Å². The lowest BCUT2D eigenvalue weighted by atomic mass is 9.91. The van der Waals surface area contributed by atoms with Gasteiger partial charge in [0, 0.05) is 77.7 Å². The fourth-order valence-corrected chi connectivity index (χ4v) is 7.47. The molecule has 2 aliphatic rings. The van der Waals surface area contributed by atoms with Crippen molar-refractivity contribution in [2.24, 2.45) is 5.14 Å². The number of benzene rings is 2. The number of nitrogens with one attached hydrogen (secondary N) is 1. The number of hydrogen-bond donors (Lipinski definition) is 3. The van der Waals surface area contributed by atoms with Crippen LogP contribution in [0, 0.1) is 5.82 Å². The van der Waals surface area contributed by atoms with Gasteiger partial charge in [0.15, 0.2) is 0 Å². The molecule has 1 aliphatic heterocycles. The summed E-state index contributed by atoms with van der Waals surface area (Å²) in [6, 6.07) is 14.6. The quantitative estimate of drug-likeness (QED) is 0.225. The van der Waals surface area contributed by atoms with E-state index in [1.54, 1.807) is 35.4 Å². The monoisotopic (exact) mass is 694 g/mol. The Hall–Kier alpha value is -4.05. The Balaban J connectivity index is 0.000000559. The summed E-state index contributed by atoms with van der Waals surface area (Å²) in [5, 5.41) is 21.3. The molecule has 3 heterocycles. The van der Waals surface area contributed by atoms with Crippen molar-refractivity contribution in [3.8, 4) is 28.1 Å². The molecule has 4 N–H and O–H groups in total. The molecule has 4 aromatic rings. The third-order valence-corrected chi connectivity index (χ3v) is 10.2.